The Morgan fingerprint density at radius 1 is 1.15 bits per heavy atom. The summed E-state index contributed by atoms with van der Waals surface area (Å²) < 4.78 is 0. The van der Waals surface area contributed by atoms with Crippen molar-refractivity contribution in [3.8, 4) is 0 Å². The summed E-state index contributed by atoms with van der Waals surface area (Å²) in [5.74, 6) is 2.21. The largest absolute Gasteiger partial charge is 0.327 e. The third kappa shape index (κ3) is 0.899. The molecule has 0 spiro atoms. The van der Waals surface area contributed by atoms with Crippen molar-refractivity contribution in [3.63, 3.8) is 0 Å². The molecule has 2 nitrogen and oxygen atoms in total. The zero-order valence-electron chi connectivity index (χ0n) is 7.83. The number of rotatable bonds is 1. The van der Waals surface area contributed by atoms with Gasteiger partial charge in [0.05, 0.1) is 5.41 Å². The van der Waals surface area contributed by atoms with E-state index >= 15 is 0 Å². The second kappa shape index (κ2) is 2.35. The Hall–Kier alpha value is -0.370. The van der Waals surface area contributed by atoms with E-state index in [2.05, 4.69) is 6.29 Å². The molecule has 13 heavy (non-hydrogen) atoms. The summed E-state index contributed by atoms with van der Waals surface area (Å²) in [6.45, 7) is 0. The maximum Gasteiger partial charge on any atom is 0.206 e. The molecule has 0 aliphatic heterocycles. The van der Waals surface area contributed by atoms with Crippen LogP contribution in [0.5, 0.6) is 0 Å². The van der Waals surface area contributed by atoms with Gasteiger partial charge in [0.2, 0.25) is 6.29 Å². The zero-order chi connectivity index (χ0) is 9.05. The lowest BCUT2D eigenvalue weighted by Gasteiger charge is -2.57. The van der Waals surface area contributed by atoms with Gasteiger partial charge < -0.3 is 5.73 Å². The Balaban J connectivity index is 2.00. The maximum absolute atomic E-state index is 11.1. The Morgan fingerprint density at radius 2 is 1.77 bits per heavy atom. The van der Waals surface area contributed by atoms with Crippen LogP contribution in [0.15, 0.2) is 0 Å². The standard InChI is InChI=1S/C11H16NO/c12-10-9-2-7-1-8(3-9)5-11(10,4-7)6-13/h7-10H,1-5,12H2. The molecule has 2 heteroatoms. The van der Waals surface area contributed by atoms with Crippen molar-refractivity contribution in [3.05, 3.63) is 0 Å². The second-order valence-electron chi connectivity index (χ2n) is 5.39. The highest BCUT2D eigenvalue weighted by molar-refractivity contribution is 5.63. The van der Waals surface area contributed by atoms with Crippen molar-refractivity contribution in [1.29, 1.82) is 0 Å². The molecule has 4 saturated carbocycles. The van der Waals surface area contributed by atoms with E-state index in [0.29, 0.717) is 5.92 Å². The molecular weight excluding hydrogens is 162 g/mol. The van der Waals surface area contributed by atoms with Gasteiger partial charge in [0.1, 0.15) is 0 Å². The van der Waals surface area contributed by atoms with E-state index in [9.17, 15) is 4.79 Å². The molecule has 1 radical (unpaired) electrons. The summed E-state index contributed by atoms with van der Waals surface area (Å²) >= 11 is 0. The molecule has 0 saturated heterocycles. The molecule has 4 rings (SSSR count). The van der Waals surface area contributed by atoms with E-state index in [4.69, 9.17) is 5.73 Å². The van der Waals surface area contributed by atoms with E-state index in [1.807, 2.05) is 0 Å². The van der Waals surface area contributed by atoms with Gasteiger partial charge in [0.15, 0.2) is 0 Å². The van der Waals surface area contributed by atoms with Crippen molar-refractivity contribution >= 4 is 6.29 Å². The van der Waals surface area contributed by atoms with Crippen molar-refractivity contribution in [2.45, 2.75) is 38.1 Å². The molecular formula is C11H16NO. The van der Waals surface area contributed by atoms with E-state index in [-0.39, 0.29) is 11.5 Å². The molecule has 0 heterocycles. The smallest absolute Gasteiger partial charge is 0.206 e. The fourth-order valence-electron chi connectivity index (χ4n) is 4.23. The summed E-state index contributed by atoms with van der Waals surface area (Å²) in [4.78, 5) is 11.1. The molecule has 0 aromatic carbocycles. The Labute approximate surface area is 78.9 Å². The van der Waals surface area contributed by atoms with Gasteiger partial charge in [-0.2, -0.15) is 0 Å². The lowest BCUT2D eigenvalue weighted by molar-refractivity contribution is -0.0328. The van der Waals surface area contributed by atoms with Crippen LogP contribution in [-0.2, 0) is 4.79 Å². The van der Waals surface area contributed by atoms with Gasteiger partial charge in [-0.1, -0.05) is 0 Å². The third-order valence-electron chi connectivity index (χ3n) is 4.59. The Bertz CT molecular complexity index is 236. The van der Waals surface area contributed by atoms with Gasteiger partial charge in [0.25, 0.3) is 0 Å². The predicted molar refractivity (Wildman–Crippen MR) is 49.7 cm³/mol. The van der Waals surface area contributed by atoms with Crippen LogP contribution >= 0.6 is 0 Å². The van der Waals surface area contributed by atoms with Crippen LogP contribution in [0.4, 0.5) is 0 Å². The summed E-state index contributed by atoms with van der Waals surface area (Å²) in [7, 11) is 0. The molecule has 4 aliphatic rings. The normalized spacial score (nSPS) is 58.2. The number of carbonyl (C=O) groups excluding carboxylic acids is 1. The zero-order valence-corrected chi connectivity index (χ0v) is 7.83. The van der Waals surface area contributed by atoms with Crippen LogP contribution in [0, 0.1) is 23.2 Å². The molecule has 3 unspecified atom stereocenters. The summed E-state index contributed by atoms with van der Waals surface area (Å²) in [5.41, 5.74) is 5.92. The summed E-state index contributed by atoms with van der Waals surface area (Å²) in [6, 6.07) is 0.123. The van der Waals surface area contributed by atoms with E-state index < -0.39 is 0 Å². The molecule has 4 bridgehead atoms. The van der Waals surface area contributed by atoms with Gasteiger partial charge in [-0.05, 0) is 49.9 Å². The minimum Gasteiger partial charge on any atom is -0.327 e. The fraction of sp³-hybridized carbons (Fsp3) is 0.909. The van der Waals surface area contributed by atoms with Crippen molar-refractivity contribution < 1.29 is 4.79 Å². The van der Waals surface area contributed by atoms with Crippen LogP contribution in [0.3, 0.4) is 0 Å². The molecule has 0 aromatic heterocycles. The minimum absolute atomic E-state index is 0.123. The SMILES string of the molecule is NC1C2CC3CC(C2)CC1([C]=O)C3. The number of nitrogens with two attached hydrogens (primary N) is 1. The molecule has 0 amide bonds. The first kappa shape index (κ1) is 7.98. The first-order valence-electron chi connectivity index (χ1n) is 5.38. The van der Waals surface area contributed by atoms with E-state index in [0.717, 1.165) is 24.7 Å². The van der Waals surface area contributed by atoms with Crippen LogP contribution in [0.25, 0.3) is 0 Å². The lowest BCUT2D eigenvalue weighted by atomic mass is 9.48. The Morgan fingerprint density at radius 3 is 2.31 bits per heavy atom. The van der Waals surface area contributed by atoms with Crippen molar-refractivity contribution in [2.75, 3.05) is 0 Å². The van der Waals surface area contributed by atoms with E-state index in [1.165, 1.54) is 19.3 Å². The molecule has 2 N–H and O–H groups in total. The first-order chi connectivity index (χ1) is 6.23. The topological polar surface area (TPSA) is 43.1 Å². The highest BCUT2D eigenvalue weighted by Crippen LogP contribution is 2.58. The maximum atomic E-state index is 11.1. The average Bonchev–Trinajstić information content (AvgIpc) is 2.12. The van der Waals surface area contributed by atoms with Crippen molar-refractivity contribution in [2.24, 2.45) is 28.9 Å². The average molecular weight is 178 g/mol. The first-order valence-corrected chi connectivity index (χ1v) is 5.38. The fourth-order valence-corrected chi connectivity index (χ4v) is 4.23. The molecule has 4 aliphatic carbocycles. The molecule has 71 valence electrons. The van der Waals surface area contributed by atoms with Crippen LogP contribution in [-0.4, -0.2) is 12.3 Å². The molecule has 4 fully saturated rings. The number of hydrogen-bond acceptors (Lipinski definition) is 2. The third-order valence-corrected chi connectivity index (χ3v) is 4.59. The van der Waals surface area contributed by atoms with Gasteiger partial charge in [-0.3, -0.25) is 4.79 Å². The quantitative estimate of drug-likeness (QED) is 0.656. The lowest BCUT2D eigenvalue weighted by Crippen LogP contribution is -2.60. The monoisotopic (exact) mass is 178 g/mol. The van der Waals surface area contributed by atoms with Gasteiger partial charge >= 0.3 is 0 Å². The number of hydrogen-bond donors (Lipinski definition) is 1. The van der Waals surface area contributed by atoms with Gasteiger partial charge in [-0.15, -0.1) is 0 Å². The van der Waals surface area contributed by atoms with Crippen LogP contribution < -0.4 is 5.73 Å². The second-order valence-corrected chi connectivity index (χ2v) is 5.39. The van der Waals surface area contributed by atoms with Crippen LogP contribution in [0.1, 0.15) is 32.1 Å². The highest BCUT2D eigenvalue weighted by Gasteiger charge is 2.56. The van der Waals surface area contributed by atoms with Crippen LogP contribution in [0.2, 0.25) is 0 Å². The molecule has 0 aromatic rings. The summed E-state index contributed by atoms with van der Waals surface area (Å²) in [5, 5.41) is 0. The predicted octanol–water partition coefficient (Wildman–Crippen LogP) is 1.25. The van der Waals surface area contributed by atoms with Gasteiger partial charge in [0, 0.05) is 6.04 Å². The van der Waals surface area contributed by atoms with Gasteiger partial charge in [-0.25, -0.2) is 0 Å². The highest BCUT2D eigenvalue weighted by atomic mass is 16.1. The van der Waals surface area contributed by atoms with E-state index in [1.54, 1.807) is 0 Å². The summed E-state index contributed by atoms with van der Waals surface area (Å²) in [6.07, 6.45) is 8.26. The Kier molecular flexibility index (Phi) is 1.44. The van der Waals surface area contributed by atoms with Crippen molar-refractivity contribution in [1.82, 2.24) is 0 Å². The minimum atomic E-state index is -0.227. The molecule has 3 atom stereocenters.